The summed E-state index contributed by atoms with van der Waals surface area (Å²) in [7, 11) is 0. The van der Waals surface area contributed by atoms with E-state index in [0.29, 0.717) is 10.8 Å². The van der Waals surface area contributed by atoms with Crippen molar-refractivity contribution in [2.24, 2.45) is 10.8 Å². The Labute approximate surface area is 85.0 Å². The highest BCUT2D eigenvalue weighted by atomic mass is 32.1. The molecular weight excluding hydrogens is 176 g/mol. The molecule has 0 N–H and O–H groups in total. The molecule has 2 rings (SSSR count). The lowest BCUT2D eigenvalue weighted by molar-refractivity contribution is 0.213. The summed E-state index contributed by atoms with van der Waals surface area (Å²) in [5.41, 5.74) is 1.11. The minimum absolute atomic E-state index is 0.483. The summed E-state index contributed by atoms with van der Waals surface area (Å²) in [6, 6.07) is 4.44. The van der Waals surface area contributed by atoms with Gasteiger partial charge >= 0.3 is 0 Å². The van der Waals surface area contributed by atoms with Gasteiger partial charge in [-0.3, -0.25) is 0 Å². The fourth-order valence-electron chi connectivity index (χ4n) is 2.09. The Balaban J connectivity index is 2.10. The van der Waals surface area contributed by atoms with Crippen molar-refractivity contribution in [3.8, 4) is 0 Å². The maximum Gasteiger partial charge on any atom is 0.00509 e. The predicted molar refractivity (Wildman–Crippen MR) is 59.1 cm³/mol. The first-order valence-electron chi connectivity index (χ1n) is 5.06. The van der Waals surface area contributed by atoms with Crippen LogP contribution >= 0.6 is 11.3 Å². The van der Waals surface area contributed by atoms with Gasteiger partial charge < -0.3 is 0 Å². The molecule has 0 saturated heterocycles. The minimum Gasteiger partial charge on any atom is -0.149 e. The van der Waals surface area contributed by atoms with Crippen LogP contribution in [-0.4, -0.2) is 0 Å². The Morgan fingerprint density at radius 1 is 1.38 bits per heavy atom. The third-order valence-electron chi connectivity index (χ3n) is 3.54. The quantitative estimate of drug-likeness (QED) is 0.664. The van der Waals surface area contributed by atoms with Crippen molar-refractivity contribution < 1.29 is 0 Å². The topological polar surface area (TPSA) is 0 Å². The zero-order valence-corrected chi connectivity index (χ0v) is 9.58. The van der Waals surface area contributed by atoms with Gasteiger partial charge in [-0.05, 0) is 41.5 Å². The number of rotatable bonds is 2. The van der Waals surface area contributed by atoms with Crippen LogP contribution in [0.15, 0.2) is 17.5 Å². The molecule has 0 nitrogen and oxygen atoms in total. The summed E-state index contributed by atoms with van der Waals surface area (Å²) in [5.74, 6) is 0. The van der Waals surface area contributed by atoms with Crippen LogP contribution in [0.25, 0.3) is 0 Å². The molecule has 0 spiro atoms. The van der Waals surface area contributed by atoms with Gasteiger partial charge in [-0.1, -0.05) is 26.8 Å². The van der Waals surface area contributed by atoms with Crippen molar-refractivity contribution in [1.29, 1.82) is 0 Å². The van der Waals surface area contributed by atoms with Gasteiger partial charge in [0.2, 0.25) is 0 Å². The van der Waals surface area contributed by atoms with Crippen molar-refractivity contribution >= 4 is 11.3 Å². The van der Waals surface area contributed by atoms with E-state index in [-0.39, 0.29) is 0 Å². The average Bonchev–Trinajstić information content (AvgIpc) is 2.59. The van der Waals surface area contributed by atoms with Crippen LogP contribution in [0.4, 0.5) is 0 Å². The predicted octanol–water partition coefficient (Wildman–Crippen LogP) is 4.12. The first-order valence-corrected chi connectivity index (χ1v) is 5.94. The lowest BCUT2D eigenvalue weighted by Gasteiger charge is -2.30. The van der Waals surface area contributed by atoms with Crippen LogP contribution in [0.1, 0.15) is 38.5 Å². The summed E-state index contributed by atoms with van der Waals surface area (Å²) in [4.78, 5) is 1.56. The van der Waals surface area contributed by atoms with Gasteiger partial charge in [0, 0.05) is 4.88 Å². The van der Waals surface area contributed by atoms with Crippen LogP contribution < -0.4 is 0 Å². The van der Waals surface area contributed by atoms with Gasteiger partial charge in [0.25, 0.3) is 0 Å². The highest BCUT2D eigenvalue weighted by Crippen LogP contribution is 2.60. The maximum absolute atomic E-state index is 2.38. The number of hydrogen-bond donors (Lipinski definition) is 0. The van der Waals surface area contributed by atoms with E-state index in [1.807, 2.05) is 11.3 Å². The van der Waals surface area contributed by atoms with Crippen LogP contribution in [0.2, 0.25) is 0 Å². The molecule has 0 aliphatic heterocycles. The second-order valence-corrected chi connectivity index (χ2v) is 6.32. The van der Waals surface area contributed by atoms with Gasteiger partial charge in [0.15, 0.2) is 0 Å². The monoisotopic (exact) mass is 194 g/mol. The fraction of sp³-hybridized carbons (Fsp3) is 0.667. The van der Waals surface area contributed by atoms with Crippen LogP contribution in [0.5, 0.6) is 0 Å². The molecule has 1 aromatic heterocycles. The molecule has 1 fully saturated rings. The van der Waals surface area contributed by atoms with Crippen LogP contribution in [-0.2, 0) is 6.42 Å². The van der Waals surface area contributed by atoms with E-state index >= 15 is 0 Å². The highest BCUT2D eigenvalue weighted by Gasteiger charge is 2.51. The van der Waals surface area contributed by atoms with E-state index < -0.39 is 0 Å². The Bertz CT molecular complexity index is 273. The zero-order valence-electron chi connectivity index (χ0n) is 8.76. The molecule has 0 atom stereocenters. The van der Waals surface area contributed by atoms with E-state index in [0.717, 1.165) is 0 Å². The Kier molecular flexibility index (Phi) is 2.03. The SMILES string of the molecule is CC(C)(C)C1(Cc2cccs2)CC1. The Hall–Kier alpha value is -0.300. The first kappa shape index (κ1) is 9.26. The lowest BCUT2D eigenvalue weighted by Crippen LogP contribution is -2.23. The van der Waals surface area contributed by atoms with E-state index in [9.17, 15) is 0 Å². The highest BCUT2D eigenvalue weighted by molar-refractivity contribution is 7.09. The van der Waals surface area contributed by atoms with Crippen molar-refractivity contribution in [1.82, 2.24) is 0 Å². The molecule has 0 radical (unpaired) electrons. The third-order valence-corrected chi connectivity index (χ3v) is 4.41. The van der Waals surface area contributed by atoms with Crippen molar-refractivity contribution in [3.63, 3.8) is 0 Å². The van der Waals surface area contributed by atoms with E-state index in [1.165, 1.54) is 19.3 Å². The van der Waals surface area contributed by atoms with Crippen LogP contribution in [0, 0.1) is 10.8 Å². The van der Waals surface area contributed by atoms with Gasteiger partial charge in [0.05, 0.1) is 0 Å². The summed E-state index contributed by atoms with van der Waals surface area (Å²) in [6.07, 6.45) is 4.15. The van der Waals surface area contributed by atoms with Gasteiger partial charge in [-0.2, -0.15) is 0 Å². The number of thiophene rings is 1. The largest absolute Gasteiger partial charge is 0.149 e. The third kappa shape index (κ3) is 1.67. The Morgan fingerprint density at radius 2 is 2.08 bits per heavy atom. The maximum atomic E-state index is 2.38. The van der Waals surface area contributed by atoms with E-state index in [4.69, 9.17) is 0 Å². The molecule has 1 heterocycles. The van der Waals surface area contributed by atoms with E-state index in [2.05, 4.69) is 38.3 Å². The lowest BCUT2D eigenvalue weighted by atomic mass is 9.75. The smallest absolute Gasteiger partial charge is 0.00509 e. The van der Waals surface area contributed by atoms with Gasteiger partial charge in [-0.25, -0.2) is 0 Å². The molecule has 72 valence electrons. The molecule has 0 unspecified atom stereocenters. The summed E-state index contributed by atoms with van der Waals surface area (Å²) in [5, 5.41) is 2.19. The van der Waals surface area contributed by atoms with E-state index in [1.54, 1.807) is 4.88 Å². The molecule has 1 heteroatoms. The summed E-state index contributed by atoms with van der Waals surface area (Å²) < 4.78 is 0. The fourth-order valence-corrected chi connectivity index (χ4v) is 2.94. The molecule has 0 aromatic carbocycles. The van der Waals surface area contributed by atoms with Crippen molar-refractivity contribution in [2.75, 3.05) is 0 Å². The molecule has 1 aliphatic carbocycles. The van der Waals surface area contributed by atoms with Crippen molar-refractivity contribution in [3.05, 3.63) is 22.4 Å². The molecule has 1 aliphatic rings. The second-order valence-electron chi connectivity index (χ2n) is 5.29. The molecule has 0 amide bonds. The molecule has 0 bridgehead atoms. The number of hydrogen-bond acceptors (Lipinski definition) is 1. The van der Waals surface area contributed by atoms with Gasteiger partial charge in [-0.15, -0.1) is 11.3 Å². The van der Waals surface area contributed by atoms with Crippen molar-refractivity contribution in [2.45, 2.75) is 40.0 Å². The molecule has 1 aromatic rings. The summed E-state index contributed by atoms with van der Waals surface area (Å²) >= 11 is 1.91. The normalized spacial score (nSPS) is 20.2. The molecular formula is C12H18S. The average molecular weight is 194 g/mol. The standard InChI is InChI=1S/C12H18S/c1-11(2,3)12(6-7-12)9-10-5-4-8-13-10/h4-5,8H,6-7,9H2,1-3H3. The first-order chi connectivity index (χ1) is 6.04. The summed E-state index contributed by atoms with van der Waals surface area (Å²) in [6.45, 7) is 7.15. The Morgan fingerprint density at radius 3 is 2.46 bits per heavy atom. The molecule has 1 saturated carbocycles. The minimum atomic E-state index is 0.483. The molecule has 13 heavy (non-hydrogen) atoms. The second kappa shape index (κ2) is 2.84. The van der Waals surface area contributed by atoms with Crippen LogP contribution in [0.3, 0.4) is 0 Å². The zero-order chi connectivity index (χ0) is 9.53. The van der Waals surface area contributed by atoms with Gasteiger partial charge in [0.1, 0.15) is 0 Å².